The molecular formula is C10H15N3O3. The number of methoxy groups -OCH3 is 1. The molecule has 0 amide bonds. The number of hydrogen-bond donors (Lipinski definition) is 0. The normalized spacial score (nSPS) is 10.5. The molecule has 0 aromatic carbocycles. The van der Waals surface area contributed by atoms with Crippen molar-refractivity contribution in [3.63, 3.8) is 0 Å². The van der Waals surface area contributed by atoms with Crippen LogP contribution >= 0.6 is 0 Å². The van der Waals surface area contributed by atoms with Gasteiger partial charge < -0.3 is 9.64 Å². The summed E-state index contributed by atoms with van der Waals surface area (Å²) in [6, 6.07) is 1.61. The van der Waals surface area contributed by atoms with E-state index in [-0.39, 0.29) is 5.69 Å². The van der Waals surface area contributed by atoms with Gasteiger partial charge in [0, 0.05) is 18.2 Å². The van der Waals surface area contributed by atoms with Gasteiger partial charge in [-0.1, -0.05) is 0 Å². The maximum absolute atomic E-state index is 10.8. The molecule has 6 nitrogen and oxygen atoms in total. The molecule has 1 aromatic heterocycles. The molecule has 0 N–H and O–H groups in total. The van der Waals surface area contributed by atoms with Gasteiger partial charge >= 0.3 is 0 Å². The fourth-order valence-corrected chi connectivity index (χ4v) is 1.29. The minimum atomic E-state index is -0.419. The Kier molecular flexibility index (Phi) is 4.19. The minimum Gasteiger partial charge on any atom is -0.481 e. The van der Waals surface area contributed by atoms with Crippen molar-refractivity contribution < 1.29 is 9.66 Å². The largest absolute Gasteiger partial charge is 0.481 e. The van der Waals surface area contributed by atoms with Crippen LogP contribution in [0.2, 0.25) is 0 Å². The van der Waals surface area contributed by atoms with Gasteiger partial charge in [-0.05, 0) is 20.5 Å². The van der Waals surface area contributed by atoms with Gasteiger partial charge in [0.25, 0.3) is 5.69 Å². The van der Waals surface area contributed by atoms with Crippen LogP contribution in [0.5, 0.6) is 5.88 Å². The SMILES string of the molecule is COc1cc(CCN(C)C)c([N+](=O)[O-])cn1. The van der Waals surface area contributed by atoms with Crippen molar-refractivity contribution in [2.45, 2.75) is 6.42 Å². The van der Waals surface area contributed by atoms with E-state index in [4.69, 9.17) is 4.74 Å². The molecule has 0 aliphatic carbocycles. The zero-order valence-electron chi connectivity index (χ0n) is 9.64. The van der Waals surface area contributed by atoms with Crippen molar-refractivity contribution in [2.24, 2.45) is 0 Å². The van der Waals surface area contributed by atoms with Crippen LogP contribution in [-0.2, 0) is 6.42 Å². The fraction of sp³-hybridized carbons (Fsp3) is 0.500. The third-order valence-corrected chi connectivity index (χ3v) is 2.17. The maximum atomic E-state index is 10.8. The van der Waals surface area contributed by atoms with Gasteiger partial charge in [-0.2, -0.15) is 0 Å². The van der Waals surface area contributed by atoms with Crippen LogP contribution in [0, 0.1) is 10.1 Å². The highest BCUT2D eigenvalue weighted by atomic mass is 16.6. The Hall–Kier alpha value is -1.69. The van der Waals surface area contributed by atoms with Crippen LogP contribution in [0.25, 0.3) is 0 Å². The Morgan fingerprint density at radius 2 is 2.25 bits per heavy atom. The predicted molar refractivity (Wildman–Crippen MR) is 59.7 cm³/mol. The number of aromatic nitrogens is 1. The first-order chi connectivity index (χ1) is 7.54. The topological polar surface area (TPSA) is 68.5 Å². The zero-order valence-corrected chi connectivity index (χ0v) is 9.64. The summed E-state index contributed by atoms with van der Waals surface area (Å²) in [6.07, 6.45) is 1.84. The van der Waals surface area contributed by atoms with Crippen molar-refractivity contribution in [3.8, 4) is 5.88 Å². The first-order valence-electron chi connectivity index (χ1n) is 4.86. The lowest BCUT2D eigenvalue weighted by Gasteiger charge is -2.09. The Morgan fingerprint density at radius 3 is 2.75 bits per heavy atom. The van der Waals surface area contributed by atoms with E-state index in [0.29, 0.717) is 17.9 Å². The smallest absolute Gasteiger partial charge is 0.291 e. The molecule has 0 unspecified atom stereocenters. The number of likely N-dealkylation sites (N-methyl/N-ethyl adjacent to an activating group) is 1. The number of nitro groups is 1. The molecule has 0 fully saturated rings. The molecule has 0 bridgehead atoms. The van der Waals surface area contributed by atoms with E-state index in [9.17, 15) is 10.1 Å². The third kappa shape index (κ3) is 3.16. The molecule has 16 heavy (non-hydrogen) atoms. The third-order valence-electron chi connectivity index (χ3n) is 2.17. The van der Waals surface area contributed by atoms with Gasteiger partial charge in [0.05, 0.1) is 12.0 Å². The molecule has 1 rings (SSSR count). The number of hydrogen-bond acceptors (Lipinski definition) is 5. The summed E-state index contributed by atoms with van der Waals surface area (Å²) in [4.78, 5) is 16.2. The monoisotopic (exact) mass is 225 g/mol. The van der Waals surface area contributed by atoms with Crippen molar-refractivity contribution in [1.29, 1.82) is 0 Å². The van der Waals surface area contributed by atoms with Crippen molar-refractivity contribution in [2.75, 3.05) is 27.7 Å². The van der Waals surface area contributed by atoms with E-state index >= 15 is 0 Å². The summed E-state index contributed by atoms with van der Waals surface area (Å²) in [5.74, 6) is 0.402. The van der Waals surface area contributed by atoms with Crippen LogP contribution in [0.15, 0.2) is 12.3 Å². The minimum absolute atomic E-state index is 0.0441. The molecule has 0 saturated heterocycles. The second kappa shape index (κ2) is 5.41. The highest BCUT2D eigenvalue weighted by Crippen LogP contribution is 2.21. The Balaban J connectivity index is 2.96. The molecule has 0 spiro atoms. The molecule has 88 valence electrons. The van der Waals surface area contributed by atoms with E-state index in [1.165, 1.54) is 13.3 Å². The molecule has 6 heteroatoms. The van der Waals surface area contributed by atoms with E-state index in [1.807, 2.05) is 19.0 Å². The van der Waals surface area contributed by atoms with Crippen LogP contribution in [0.4, 0.5) is 5.69 Å². The molecule has 1 aromatic rings. The van der Waals surface area contributed by atoms with Gasteiger partial charge in [-0.3, -0.25) is 10.1 Å². The predicted octanol–water partition coefficient (Wildman–Crippen LogP) is 1.10. The second-order valence-corrected chi connectivity index (χ2v) is 3.67. The summed E-state index contributed by atoms with van der Waals surface area (Å²) >= 11 is 0. The lowest BCUT2D eigenvalue weighted by molar-refractivity contribution is -0.385. The summed E-state index contributed by atoms with van der Waals surface area (Å²) in [6.45, 7) is 0.744. The Morgan fingerprint density at radius 1 is 1.56 bits per heavy atom. The summed E-state index contributed by atoms with van der Waals surface area (Å²) < 4.78 is 4.95. The molecule has 0 radical (unpaired) electrons. The van der Waals surface area contributed by atoms with Crippen molar-refractivity contribution in [3.05, 3.63) is 27.9 Å². The molecule has 0 aliphatic rings. The number of nitrogens with zero attached hydrogens (tertiary/aromatic N) is 3. The molecule has 0 aliphatic heterocycles. The van der Waals surface area contributed by atoms with Gasteiger partial charge in [0.1, 0.15) is 6.20 Å². The van der Waals surface area contributed by atoms with Crippen LogP contribution in [-0.4, -0.2) is 42.6 Å². The zero-order chi connectivity index (χ0) is 12.1. The molecule has 1 heterocycles. The number of rotatable bonds is 5. The Labute approximate surface area is 94.0 Å². The molecule has 0 saturated carbocycles. The van der Waals surface area contributed by atoms with Crippen LogP contribution in [0.1, 0.15) is 5.56 Å². The highest BCUT2D eigenvalue weighted by Gasteiger charge is 2.15. The summed E-state index contributed by atoms with van der Waals surface area (Å²) in [5.41, 5.74) is 0.688. The van der Waals surface area contributed by atoms with Crippen molar-refractivity contribution >= 4 is 5.69 Å². The van der Waals surface area contributed by atoms with Gasteiger partial charge in [-0.25, -0.2) is 4.98 Å². The summed E-state index contributed by atoms with van der Waals surface area (Å²) in [7, 11) is 5.33. The average molecular weight is 225 g/mol. The van der Waals surface area contributed by atoms with Crippen LogP contribution in [0.3, 0.4) is 0 Å². The van der Waals surface area contributed by atoms with E-state index < -0.39 is 4.92 Å². The van der Waals surface area contributed by atoms with Gasteiger partial charge in [0.15, 0.2) is 0 Å². The first-order valence-corrected chi connectivity index (χ1v) is 4.86. The quantitative estimate of drug-likeness (QED) is 0.554. The van der Waals surface area contributed by atoms with E-state index in [0.717, 1.165) is 6.54 Å². The average Bonchev–Trinajstić information content (AvgIpc) is 2.25. The van der Waals surface area contributed by atoms with Crippen molar-refractivity contribution in [1.82, 2.24) is 9.88 Å². The molecular weight excluding hydrogens is 210 g/mol. The summed E-state index contributed by atoms with van der Waals surface area (Å²) in [5, 5.41) is 10.8. The molecule has 0 atom stereocenters. The Bertz CT molecular complexity index is 380. The first kappa shape index (κ1) is 12.4. The lowest BCUT2D eigenvalue weighted by Crippen LogP contribution is -2.15. The maximum Gasteiger partial charge on any atom is 0.291 e. The van der Waals surface area contributed by atoms with Crippen LogP contribution < -0.4 is 4.74 Å². The standard InChI is InChI=1S/C10H15N3O3/c1-12(2)5-4-8-6-10(16-3)11-7-9(8)13(14)15/h6-7H,4-5H2,1-3H3. The number of pyridine rings is 1. The highest BCUT2D eigenvalue weighted by molar-refractivity contribution is 5.40. The lowest BCUT2D eigenvalue weighted by atomic mass is 10.1. The second-order valence-electron chi connectivity index (χ2n) is 3.67. The van der Waals surface area contributed by atoms with E-state index in [2.05, 4.69) is 4.98 Å². The van der Waals surface area contributed by atoms with Gasteiger partial charge in [0.2, 0.25) is 5.88 Å². The number of ether oxygens (including phenoxy) is 1. The van der Waals surface area contributed by atoms with Gasteiger partial charge in [-0.15, -0.1) is 0 Å². The van der Waals surface area contributed by atoms with E-state index in [1.54, 1.807) is 6.07 Å². The fourth-order valence-electron chi connectivity index (χ4n) is 1.29.